The van der Waals surface area contributed by atoms with Gasteiger partial charge in [-0.2, -0.15) is 14.6 Å². The number of nitrogens with zero attached hydrogens (tertiary/aromatic N) is 5. The third-order valence-electron chi connectivity index (χ3n) is 6.82. The number of benzene rings is 2. The van der Waals surface area contributed by atoms with E-state index < -0.39 is 10.0 Å². The van der Waals surface area contributed by atoms with Gasteiger partial charge in [0.15, 0.2) is 0 Å². The van der Waals surface area contributed by atoms with Crippen LogP contribution in [-0.4, -0.2) is 60.7 Å². The summed E-state index contributed by atoms with van der Waals surface area (Å²) in [6.07, 6.45) is 4.36. The molecule has 2 aliphatic rings. The van der Waals surface area contributed by atoms with Gasteiger partial charge in [-0.15, -0.1) is 0 Å². The predicted octanol–water partition coefficient (Wildman–Crippen LogP) is 4.61. The smallest absolute Gasteiger partial charge is 0.258 e. The zero-order valence-corrected chi connectivity index (χ0v) is 22.5. The van der Waals surface area contributed by atoms with Gasteiger partial charge in [-0.05, 0) is 82.8 Å². The monoisotopic (exact) mass is 533 g/mol. The summed E-state index contributed by atoms with van der Waals surface area (Å²) in [7, 11) is -3.58. The van der Waals surface area contributed by atoms with Gasteiger partial charge < -0.3 is 14.2 Å². The van der Waals surface area contributed by atoms with Gasteiger partial charge in [-0.25, -0.2) is 8.42 Å². The fourth-order valence-corrected chi connectivity index (χ4v) is 6.13. The Bertz CT molecular complexity index is 1500. The van der Waals surface area contributed by atoms with Crippen LogP contribution in [0.2, 0.25) is 0 Å². The summed E-state index contributed by atoms with van der Waals surface area (Å²) < 4.78 is 41.2. The third-order valence-corrected chi connectivity index (χ3v) is 8.01. The van der Waals surface area contributed by atoms with E-state index >= 15 is 0 Å². The van der Waals surface area contributed by atoms with Crippen LogP contribution in [0, 0.1) is 11.3 Å². The zero-order chi connectivity index (χ0) is 26.7. The average molecular weight is 534 g/mol. The summed E-state index contributed by atoms with van der Waals surface area (Å²) in [6.45, 7) is 6.24. The molecule has 38 heavy (non-hydrogen) atoms. The molecule has 0 spiro atoms. The van der Waals surface area contributed by atoms with Crippen molar-refractivity contribution < 1.29 is 17.7 Å². The average Bonchev–Trinajstić information content (AvgIpc) is 3.60. The van der Waals surface area contributed by atoms with Crippen molar-refractivity contribution >= 4 is 15.7 Å². The first-order chi connectivity index (χ1) is 18.3. The van der Waals surface area contributed by atoms with Crippen LogP contribution in [0.1, 0.15) is 56.2 Å². The van der Waals surface area contributed by atoms with E-state index in [4.69, 9.17) is 9.26 Å². The molecule has 0 atom stereocenters. The first-order valence-electron chi connectivity index (χ1n) is 13.0. The highest BCUT2D eigenvalue weighted by molar-refractivity contribution is 7.90. The lowest BCUT2D eigenvalue weighted by atomic mass is 9.87. The number of aromatic nitrogens is 2. The Morgan fingerprint density at radius 1 is 1.13 bits per heavy atom. The first kappa shape index (κ1) is 26.1. The molecule has 0 amide bonds. The van der Waals surface area contributed by atoms with E-state index in [1.165, 1.54) is 0 Å². The molecule has 198 valence electrons. The van der Waals surface area contributed by atoms with Crippen molar-refractivity contribution in [2.75, 3.05) is 25.4 Å². The van der Waals surface area contributed by atoms with Crippen molar-refractivity contribution in [1.29, 1.82) is 5.26 Å². The molecule has 3 aromatic rings. The minimum atomic E-state index is -3.58. The van der Waals surface area contributed by atoms with Gasteiger partial charge in [0.1, 0.15) is 11.8 Å². The number of likely N-dealkylation sites (tertiary alicyclic amines) is 1. The Morgan fingerprint density at radius 2 is 1.92 bits per heavy atom. The van der Waals surface area contributed by atoms with E-state index in [2.05, 4.69) is 25.5 Å². The molecule has 9 nitrogen and oxygen atoms in total. The van der Waals surface area contributed by atoms with E-state index in [0.29, 0.717) is 47.3 Å². The van der Waals surface area contributed by atoms with Crippen LogP contribution in [0.4, 0.5) is 0 Å². The fraction of sp³-hybridized carbons (Fsp3) is 0.429. The third kappa shape index (κ3) is 5.79. The molecule has 2 heterocycles. The largest absolute Gasteiger partial charge is 0.490 e. The Hall–Kier alpha value is -3.55. The maximum absolute atomic E-state index is 12.8. The highest BCUT2D eigenvalue weighted by Crippen LogP contribution is 2.33. The number of fused-ring (bicyclic) bond motifs is 1. The van der Waals surface area contributed by atoms with Gasteiger partial charge >= 0.3 is 0 Å². The van der Waals surface area contributed by atoms with Gasteiger partial charge in [-0.1, -0.05) is 23.4 Å². The zero-order valence-electron chi connectivity index (χ0n) is 21.7. The molecule has 1 fully saturated rings. The molecule has 0 radical (unpaired) electrons. The van der Waals surface area contributed by atoms with Crippen LogP contribution in [-0.2, 0) is 16.4 Å². The molecule has 0 bridgehead atoms. The molecule has 0 saturated carbocycles. The molecular formula is C28H31N5O4S. The van der Waals surface area contributed by atoms with Crippen molar-refractivity contribution in [3.8, 4) is 34.7 Å². The van der Waals surface area contributed by atoms with Crippen molar-refractivity contribution in [2.24, 2.45) is 4.40 Å². The van der Waals surface area contributed by atoms with Gasteiger partial charge in [0.25, 0.3) is 15.9 Å². The molecule has 0 unspecified atom stereocenters. The van der Waals surface area contributed by atoms with Crippen molar-refractivity contribution in [1.82, 2.24) is 15.0 Å². The molecular weight excluding hydrogens is 502 g/mol. The lowest BCUT2D eigenvalue weighted by Crippen LogP contribution is -2.26. The topological polar surface area (TPSA) is 122 Å². The fourth-order valence-electron chi connectivity index (χ4n) is 5.02. The maximum atomic E-state index is 12.8. The molecule has 1 aliphatic heterocycles. The minimum absolute atomic E-state index is 0.0331. The van der Waals surface area contributed by atoms with Crippen LogP contribution in [0.15, 0.2) is 45.3 Å². The number of sulfonamides is 1. The van der Waals surface area contributed by atoms with Crippen LogP contribution in [0.3, 0.4) is 0 Å². The summed E-state index contributed by atoms with van der Waals surface area (Å²) in [5, 5.41) is 13.8. The predicted molar refractivity (Wildman–Crippen MR) is 145 cm³/mol. The second kappa shape index (κ2) is 11.1. The van der Waals surface area contributed by atoms with Crippen LogP contribution >= 0.6 is 0 Å². The van der Waals surface area contributed by atoms with Crippen LogP contribution in [0.5, 0.6) is 5.75 Å². The summed E-state index contributed by atoms with van der Waals surface area (Å²) in [4.78, 5) is 6.79. The van der Waals surface area contributed by atoms with E-state index in [-0.39, 0.29) is 11.9 Å². The summed E-state index contributed by atoms with van der Waals surface area (Å²) in [5.74, 6) is 1.24. The molecule has 5 rings (SSSR count). The van der Waals surface area contributed by atoms with Gasteiger partial charge in [0.05, 0.1) is 23.1 Å². The lowest BCUT2D eigenvalue weighted by molar-refractivity contribution is 0.241. The molecule has 0 N–H and O–H groups in total. The summed E-state index contributed by atoms with van der Waals surface area (Å²) in [5.41, 5.74) is 4.19. The number of ether oxygens (including phenoxy) is 1. The minimum Gasteiger partial charge on any atom is -0.490 e. The Balaban J connectivity index is 1.41. The number of nitriles is 1. The van der Waals surface area contributed by atoms with Crippen molar-refractivity contribution in [2.45, 2.75) is 52.1 Å². The van der Waals surface area contributed by atoms with Gasteiger partial charge in [-0.3, -0.25) is 0 Å². The maximum Gasteiger partial charge on any atom is 0.258 e. The Kier molecular flexibility index (Phi) is 7.58. The van der Waals surface area contributed by atoms with Gasteiger partial charge in [0.2, 0.25) is 5.82 Å². The molecule has 1 aromatic heterocycles. The second-order valence-electron chi connectivity index (χ2n) is 9.97. The second-order valence-corrected chi connectivity index (χ2v) is 11.7. The number of rotatable bonds is 8. The van der Waals surface area contributed by atoms with Crippen molar-refractivity contribution in [3.05, 3.63) is 53.1 Å². The lowest BCUT2D eigenvalue weighted by Gasteiger charge is -2.20. The number of hydrogen-bond acceptors (Lipinski definition) is 8. The normalized spacial score (nSPS) is 17.1. The van der Waals surface area contributed by atoms with Crippen molar-refractivity contribution in [3.63, 3.8) is 0 Å². The molecule has 2 aromatic carbocycles. The standard InChI is InChI=1S/C28H31N5O4S/c1-19(2)36-26-12-11-20(17-21(26)18-29)28-30-27(31-37-28)24-9-5-8-23-22(24)7-6-10-25(23)32-38(34,35)16-15-33-13-3-4-14-33/h5,8-9,11-12,17,19H,3-4,6-7,10,13-16H2,1-2H3/b32-25-. The summed E-state index contributed by atoms with van der Waals surface area (Å²) in [6, 6.07) is 13.1. The van der Waals surface area contributed by atoms with E-state index in [1.807, 2.05) is 32.0 Å². The molecule has 1 saturated heterocycles. The van der Waals surface area contributed by atoms with E-state index in [1.54, 1.807) is 18.2 Å². The Morgan fingerprint density at radius 3 is 2.68 bits per heavy atom. The van der Waals surface area contributed by atoms with E-state index in [0.717, 1.165) is 55.5 Å². The highest BCUT2D eigenvalue weighted by atomic mass is 32.2. The molecule has 10 heteroatoms. The van der Waals surface area contributed by atoms with Crippen LogP contribution in [0.25, 0.3) is 22.8 Å². The van der Waals surface area contributed by atoms with E-state index in [9.17, 15) is 13.7 Å². The first-order valence-corrected chi connectivity index (χ1v) is 14.7. The van der Waals surface area contributed by atoms with Crippen LogP contribution < -0.4 is 4.74 Å². The molecule has 1 aliphatic carbocycles. The Labute approximate surface area is 223 Å². The SMILES string of the molecule is CC(C)Oc1ccc(-c2nc(-c3cccc4c3CCC/C4=N/S(=O)(=O)CCN3CCCC3)no2)cc1C#N. The van der Waals surface area contributed by atoms with Gasteiger partial charge in [0, 0.05) is 23.2 Å². The summed E-state index contributed by atoms with van der Waals surface area (Å²) >= 11 is 0. The quantitative estimate of drug-likeness (QED) is 0.411. The highest BCUT2D eigenvalue weighted by Gasteiger charge is 2.24. The number of hydrogen-bond donors (Lipinski definition) is 0.